The second-order valence-corrected chi connectivity index (χ2v) is 11.2. The van der Waals surface area contributed by atoms with Crippen LogP contribution in [0.3, 0.4) is 0 Å². The summed E-state index contributed by atoms with van der Waals surface area (Å²) in [6, 6.07) is 39.4. The lowest BCUT2D eigenvalue weighted by Crippen LogP contribution is -2.57. The molecule has 0 aliphatic carbocycles. The van der Waals surface area contributed by atoms with E-state index in [1.165, 1.54) is 26.9 Å². The van der Waals surface area contributed by atoms with Crippen molar-refractivity contribution < 1.29 is 0 Å². The second-order valence-electron chi connectivity index (χ2n) is 8.84. The van der Waals surface area contributed by atoms with Gasteiger partial charge in [-0.05, 0) is 34.6 Å². The van der Waals surface area contributed by atoms with Crippen LogP contribution in [0.2, 0.25) is 0 Å². The van der Waals surface area contributed by atoms with Crippen molar-refractivity contribution in [1.82, 2.24) is 4.90 Å². The van der Waals surface area contributed by atoms with E-state index in [1.807, 2.05) is 13.1 Å². The van der Waals surface area contributed by atoms with Crippen molar-refractivity contribution in [1.29, 1.82) is 5.26 Å². The van der Waals surface area contributed by atoms with E-state index in [2.05, 4.69) is 125 Å². The molecular weight excluding hydrogens is 442 g/mol. The molecule has 4 heteroatoms. The van der Waals surface area contributed by atoms with E-state index in [1.54, 1.807) is 0 Å². The maximum absolute atomic E-state index is 9.90. The number of nitriles is 1. The lowest BCUT2D eigenvalue weighted by Gasteiger charge is -2.38. The monoisotopic (exact) mass is 466 g/mol. The summed E-state index contributed by atoms with van der Waals surface area (Å²) in [5.74, 6) is 0. The van der Waals surface area contributed by atoms with Gasteiger partial charge < -0.3 is 9.80 Å². The molecule has 0 bridgehead atoms. The molecule has 35 heavy (non-hydrogen) atoms. The first-order valence-corrected chi connectivity index (χ1v) is 13.3. The number of anilines is 3. The van der Waals surface area contributed by atoms with Crippen LogP contribution in [-0.4, -0.2) is 27.3 Å². The largest absolute Gasteiger partial charge is 0.376 e. The molecule has 0 N–H and O–H groups in total. The normalized spacial score (nSPS) is 15.0. The minimum atomic E-state index is -1.17. The Morgan fingerprint density at radius 3 is 1.94 bits per heavy atom. The number of nitrogens with zero attached hydrogens (tertiary/aromatic N) is 3. The molecule has 0 amide bonds. The number of rotatable bonds is 3. The average Bonchev–Trinajstić information content (AvgIpc) is 2.92. The van der Waals surface area contributed by atoms with Gasteiger partial charge >= 0.3 is 0 Å². The van der Waals surface area contributed by atoms with E-state index < -0.39 is 8.80 Å². The Hall–Kier alpha value is -4.33. The Balaban J connectivity index is 1.61. The summed E-state index contributed by atoms with van der Waals surface area (Å²) in [4.78, 5) is 4.52. The molecule has 3 nitrogen and oxygen atoms in total. The Bertz CT molecular complexity index is 1470. The summed E-state index contributed by atoms with van der Waals surface area (Å²) in [5, 5.41) is 14.0. The fraction of sp³-hybridized carbons (Fsp3) is 0.0645. The van der Waals surface area contributed by atoms with Gasteiger partial charge in [0.05, 0.1) is 17.3 Å². The number of benzene rings is 4. The fourth-order valence-corrected chi connectivity index (χ4v) is 7.98. The van der Waals surface area contributed by atoms with Crippen LogP contribution in [0.1, 0.15) is 5.56 Å². The van der Waals surface area contributed by atoms with Crippen LogP contribution in [0.5, 0.6) is 0 Å². The van der Waals surface area contributed by atoms with Crippen LogP contribution in [0.15, 0.2) is 121 Å². The highest BCUT2D eigenvalue weighted by Crippen LogP contribution is 2.41. The molecule has 4 aromatic carbocycles. The number of hydrogen-bond donors (Lipinski definition) is 0. The van der Waals surface area contributed by atoms with Crippen LogP contribution in [0, 0.1) is 11.3 Å². The number of hydrogen-bond acceptors (Lipinski definition) is 3. The summed E-state index contributed by atoms with van der Waals surface area (Å²) in [6.45, 7) is 0.743. The van der Waals surface area contributed by atoms with Crippen LogP contribution in [0.25, 0.3) is 5.57 Å². The van der Waals surface area contributed by atoms with Gasteiger partial charge in [-0.15, -0.1) is 0 Å². The SMILES string of the molecule is CN1C=C(c2ccccc2N2c3ccccc3[Si](c3ccccc3)c3ccccc32)C(C#N)=CC1. The van der Waals surface area contributed by atoms with Gasteiger partial charge in [0.1, 0.15) is 0 Å². The molecule has 0 unspecified atom stereocenters. The van der Waals surface area contributed by atoms with E-state index in [9.17, 15) is 5.26 Å². The van der Waals surface area contributed by atoms with Gasteiger partial charge in [-0.25, -0.2) is 0 Å². The van der Waals surface area contributed by atoms with Crippen molar-refractivity contribution >= 4 is 47.0 Å². The zero-order valence-electron chi connectivity index (χ0n) is 19.5. The molecule has 0 atom stereocenters. The predicted molar refractivity (Wildman–Crippen MR) is 147 cm³/mol. The second kappa shape index (κ2) is 8.79. The van der Waals surface area contributed by atoms with Crippen LogP contribution >= 0.6 is 0 Å². The van der Waals surface area contributed by atoms with Gasteiger partial charge in [0.25, 0.3) is 0 Å². The molecule has 0 saturated heterocycles. The fourth-order valence-electron chi connectivity index (χ4n) is 5.12. The minimum absolute atomic E-state index is 0.725. The predicted octanol–water partition coefficient (Wildman–Crippen LogP) is 4.72. The first kappa shape index (κ1) is 21.2. The Kier molecular flexibility index (Phi) is 5.33. The molecule has 2 heterocycles. The van der Waals surface area contributed by atoms with Crippen molar-refractivity contribution in [3.05, 3.63) is 127 Å². The zero-order chi connectivity index (χ0) is 23.8. The first-order chi connectivity index (χ1) is 17.3. The third kappa shape index (κ3) is 3.58. The lowest BCUT2D eigenvalue weighted by molar-refractivity contribution is 0.506. The molecule has 2 aliphatic heterocycles. The Morgan fingerprint density at radius 2 is 1.29 bits per heavy atom. The summed E-state index contributed by atoms with van der Waals surface area (Å²) >= 11 is 0. The van der Waals surface area contributed by atoms with Gasteiger partial charge in [-0.3, -0.25) is 0 Å². The molecule has 2 aliphatic rings. The van der Waals surface area contributed by atoms with Crippen molar-refractivity contribution in [3.8, 4) is 6.07 Å². The smallest absolute Gasteiger partial charge is 0.160 e. The molecule has 6 rings (SSSR count). The van der Waals surface area contributed by atoms with E-state index >= 15 is 0 Å². The van der Waals surface area contributed by atoms with E-state index in [-0.39, 0.29) is 0 Å². The number of fused-ring (bicyclic) bond motifs is 2. The van der Waals surface area contributed by atoms with Gasteiger partial charge in [0.15, 0.2) is 8.80 Å². The van der Waals surface area contributed by atoms with E-state index in [0.717, 1.165) is 28.9 Å². The lowest BCUT2D eigenvalue weighted by atomic mass is 9.94. The van der Waals surface area contributed by atoms with Crippen molar-refractivity contribution in [2.24, 2.45) is 0 Å². The summed E-state index contributed by atoms with van der Waals surface area (Å²) < 4.78 is 0. The third-order valence-corrected chi connectivity index (χ3v) is 9.50. The van der Waals surface area contributed by atoms with E-state index in [4.69, 9.17) is 0 Å². The highest BCUT2D eigenvalue weighted by atomic mass is 28.3. The molecule has 1 radical (unpaired) electrons. The highest BCUT2D eigenvalue weighted by Gasteiger charge is 2.34. The number of allylic oxidation sites excluding steroid dienone is 2. The molecule has 0 fully saturated rings. The maximum Gasteiger partial charge on any atom is 0.160 e. The molecule has 167 valence electrons. The summed E-state index contributed by atoms with van der Waals surface area (Å²) in [6.07, 6.45) is 4.11. The van der Waals surface area contributed by atoms with Crippen molar-refractivity contribution in [2.75, 3.05) is 18.5 Å². The van der Waals surface area contributed by atoms with Gasteiger partial charge in [0.2, 0.25) is 0 Å². The summed E-state index contributed by atoms with van der Waals surface area (Å²) in [5.41, 5.74) is 6.26. The highest BCUT2D eigenvalue weighted by molar-refractivity contribution is 6.98. The number of para-hydroxylation sites is 3. The molecule has 0 spiro atoms. The quantitative estimate of drug-likeness (QED) is 0.361. The van der Waals surface area contributed by atoms with Crippen LogP contribution in [0.4, 0.5) is 17.1 Å². The standard InChI is InChI=1S/C31H24N3Si/c1-33-20-19-23(21-32)26(22-33)25-13-5-6-14-27(25)34-28-15-7-9-17-30(28)35(24-11-3-2-4-12-24)31-18-10-8-16-29(31)34/h2-19,22H,20H2,1H3. The maximum atomic E-state index is 9.90. The first-order valence-electron chi connectivity index (χ1n) is 11.8. The summed E-state index contributed by atoms with van der Waals surface area (Å²) in [7, 11) is 0.881. The van der Waals surface area contributed by atoms with Crippen LogP contribution in [-0.2, 0) is 0 Å². The Labute approximate surface area is 208 Å². The average molecular weight is 467 g/mol. The van der Waals surface area contributed by atoms with Gasteiger partial charge in [0, 0.05) is 42.3 Å². The molecule has 4 aromatic rings. The molecule has 0 aromatic heterocycles. The van der Waals surface area contributed by atoms with E-state index in [0.29, 0.717) is 0 Å². The van der Waals surface area contributed by atoms with Crippen molar-refractivity contribution in [2.45, 2.75) is 0 Å². The third-order valence-electron chi connectivity index (χ3n) is 6.67. The molecular formula is C31H24N3Si. The van der Waals surface area contributed by atoms with Crippen molar-refractivity contribution in [3.63, 3.8) is 0 Å². The minimum Gasteiger partial charge on any atom is -0.376 e. The Morgan fingerprint density at radius 1 is 0.714 bits per heavy atom. The van der Waals surface area contributed by atoms with Gasteiger partial charge in [-0.2, -0.15) is 5.26 Å². The number of likely N-dealkylation sites (N-methyl/N-ethyl adjacent to an activating group) is 1. The van der Waals surface area contributed by atoms with Gasteiger partial charge in [-0.1, -0.05) is 90.1 Å². The van der Waals surface area contributed by atoms with Crippen LogP contribution < -0.4 is 20.5 Å². The topological polar surface area (TPSA) is 30.3 Å². The zero-order valence-corrected chi connectivity index (χ0v) is 20.5. The molecule has 0 saturated carbocycles.